The molecule has 62 valence electrons. The highest BCUT2D eigenvalue weighted by Gasteiger charge is 2.06. The van der Waals surface area contributed by atoms with E-state index in [1.165, 1.54) is 0 Å². The van der Waals surface area contributed by atoms with Crippen LogP contribution in [0, 0.1) is 3.01 Å². The fourth-order valence-electron chi connectivity index (χ4n) is 0.832. The molecule has 2 heterocycles. The van der Waals surface area contributed by atoms with E-state index < -0.39 is 0 Å². The minimum atomic E-state index is 0.875. The molecule has 4 nitrogen and oxygen atoms in total. The normalized spacial score (nSPS) is 10.5. The molecule has 0 radical (unpaired) electrons. The van der Waals surface area contributed by atoms with Gasteiger partial charge < -0.3 is 4.57 Å². The molecule has 2 rings (SSSR count). The van der Waals surface area contributed by atoms with Crippen LogP contribution in [-0.2, 0) is 7.05 Å². The van der Waals surface area contributed by atoms with Gasteiger partial charge in [0.2, 0.25) is 0 Å². The van der Waals surface area contributed by atoms with E-state index in [9.17, 15) is 0 Å². The first kappa shape index (κ1) is 8.11. The molecule has 0 saturated carbocycles. The summed E-state index contributed by atoms with van der Waals surface area (Å²) in [5, 5.41) is 8.77. The molecular weight excluding hydrogens is 287 g/mol. The van der Waals surface area contributed by atoms with Crippen molar-refractivity contribution in [1.29, 1.82) is 0 Å². The second-order valence-electron chi connectivity index (χ2n) is 2.28. The quantitative estimate of drug-likeness (QED) is 0.749. The fourth-order valence-corrected chi connectivity index (χ4v) is 2.10. The third kappa shape index (κ3) is 1.48. The zero-order valence-electron chi connectivity index (χ0n) is 6.23. The lowest BCUT2D eigenvalue weighted by atomic mass is 10.5. The Morgan fingerprint density at radius 1 is 1.50 bits per heavy atom. The van der Waals surface area contributed by atoms with Gasteiger partial charge in [-0.05, 0) is 22.6 Å². The molecule has 0 saturated heterocycles. The molecule has 2 aromatic rings. The maximum absolute atomic E-state index is 4.17. The van der Waals surface area contributed by atoms with Gasteiger partial charge >= 0.3 is 0 Å². The third-order valence-corrected chi connectivity index (χ3v) is 2.93. The highest BCUT2D eigenvalue weighted by atomic mass is 127. The molecule has 0 fully saturated rings. The number of nitrogens with zero attached hydrogens (tertiary/aromatic N) is 4. The van der Waals surface area contributed by atoms with E-state index in [-0.39, 0.29) is 0 Å². The summed E-state index contributed by atoms with van der Waals surface area (Å²) in [5.41, 5.74) is 0.887. The fraction of sp³-hybridized carbons (Fsp3) is 0.167. The van der Waals surface area contributed by atoms with Crippen LogP contribution in [0.5, 0.6) is 0 Å². The summed E-state index contributed by atoms with van der Waals surface area (Å²) >= 11 is 3.69. The van der Waals surface area contributed by atoms with Gasteiger partial charge in [-0.3, -0.25) is 0 Å². The number of aryl methyl sites for hydroxylation is 1. The van der Waals surface area contributed by atoms with Crippen LogP contribution >= 0.6 is 33.9 Å². The summed E-state index contributed by atoms with van der Waals surface area (Å²) in [6.07, 6.45) is 3.68. The maximum Gasteiger partial charge on any atom is 0.178 e. The summed E-state index contributed by atoms with van der Waals surface area (Å²) in [6, 6.07) is 0. The lowest BCUT2D eigenvalue weighted by Crippen LogP contribution is -1.78. The Bertz CT molecular complexity index is 355. The van der Waals surface area contributed by atoms with Gasteiger partial charge in [0.15, 0.2) is 8.02 Å². The van der Waals surface area contributed by atoms with E-state index in [1.54, 1.807) is 17.7 Å². The standard InChI is InChI=1S/C6H5IN4S/c1-11-2-4(8-3-11)5-9-10-6(7)12-5/h2-3H,1H3. The predicted octanol–water partition coefficient (Wildman–Crippen LogP) is 1.54. The zero-order chi connectivity index (χ0) is 8.55. The lowest BCUT2D eigenvalue weighted by molar-refractivity contribution is 0.913. The first-order chi connectivity index (χ1) is 5.75. The second-order valence-corrected chi connectivity index (χ2v) is 5.02. The van der Waals surface area contributed by atoms with Crippen LogP contribution < -0.4 is 0 Å². The number of aromatic nitrogens is 4. The molecule has 6 heteroatoms. The van der Waals surface area contributed by atoms with Crippen LogP contribution in [0.4, 0.5) is 0 Å². The Hall–Kier alpha value is -0.500. The monoisotopic (exact) mass is 292 g/mol. The largest absolute Gasteiger partial charge is 0.340 e. The minimum absolute atomic E-state index is 0.875. The number of halogens is 1. The molecule has 0 atom stereocenters. The van der Waals surface area contributed by atoms with E-state index in [2.05, 4.69) is 37.8 Å². The van der Waals surface area contributed by atoms with Crippen LogP contribution in [-0.4, -0.2) is 19.7 Å². The summed E-state index contributed by atoms with van der Waals surface area (Å²) in [4.78, 5) is 4.17. The SMILES string of the molecule is Cn1cnc(-c2nnc(I)s2)c1. The average Bonchev–Trinajstić information content (AvgIpc) is 2.58. The van der Waals surface area contributed by atoms with Crippen LogP contribution in [0.2, 0.25) is 0 Å². The van der Waals surface area contributed by atoms with Crippen molar-refractivity contribution in [1.82, 2.24) is 19.7 Å². The van der Waals surface area contributed by atoms with E-state index >= 15 is 0 Å². The van der Waals surface area contributed by atoms with Gasteiger partial charge in [-0.15, -0.1) is 10.2 Å². The Balaban J connectivity index is 2.43. The smallest absolute Gasteiger partial charge is 0.178 e. The zero-order valence-corrected chi connectivity index (χ0v) is 9.20. The minimum Gasteiger partial charge on any atom is -0.340 e. The number of hydrogen-bond donors (Lipinski definition) is 0. The molecular formula is C6H5IN4S. The molecule has 0 unspecified atom stereocenters. The van der Waals surface area contributed by atoms with Crippen molar-refractivity contribution in [3.8, 4) is 10.7 Å². The van der Waals surface area contributed by atoms with Gasteiger partial charge in [-0.2, -0.15) is 0 Å². The molecule has 0 aliphatic rings. The van der Waals surface area contributed by atoms with Gasteiger partial charge in [0.1, 0.15) is 5.69 Å². The number of imidazole rings is 1. The summed E-state index contributed by atoms with van der Waals surface area (Å²) in [7, 11) is 1.93. The highest BCUT2D eigenvalue weighted by molar-refractivity contribution is 14.1. The van der Waals surface area contributed by atoms with Gasteiger partial charge in [-0.1, -0.05) is 11.3 Å². The van der Waals surface area contributed by atoms with E-state index in [0.717, 1.165) is 13.7 Å². The molecule has 0 aliphatic carbocycles. The Labute approximate surface area is 86.8 Å². The van der Waals surface area contributed by atoms with Crippen molar-refractivity contribution >= 4 is 33.9 Å². The van der Waals surface area contributed by atoms with Crippen LogP contribution in [0.15, 0.2) is 12.5 Å². The lowest BCUT2D eigenvalue weighted by Gasteiger charge is -1.83. The van der Waals surface area contributed by atoms with Crippen molar-refractivity contribution in [2.24, 2.45) is 7.05 Å². The number of rotatable bonds is 1. The molecule has 12 heavy (non-hydrogen) atoms. The van der Waals surface area contributed by atoms with Crippen molar-refractivity contribution in [2.45, 2.75) is 0 Å². The van der Waals surface area contributed by atoms with Crippen LogP contribution in [0.1, 0.15) is 0 Å². The highest BCUT2D eigenvalue weighted by Crippen LogP contribution is 2.21. The Morgan fingerprint density at radius 3 is 2.83 bits per heavy atom. The molecule has 0 aliphatic heterocycles. The van der Waals surface area contributed by atoms with Crippen molar-refractivity contribution in [2.75, 3.05) is 0 Å². The molecule has 0 spiro atoms. The third-order valence-electron chi connectivity index (χ3n) is 1.32. The van der Waals surface area contributed by atoms with Crippen LogP contribution in [0.3, 0.4) is 0 Å². The van der Waals surface area contributed by atoms with Gasteiger partial charge in [-0.25, -0.2) is 4.98 Å². The first-order valence-corrected chi connectivity index (χ1v) is 5.12. The summed E-state index contributed by atoms with van der Waals surface area (Å²) < 4.78 is 2.83. The van der Waals surface area contributed by atoms with E-state index in [0.29, 0.717) is 0 Å². The summed E-state index contributed by atoms with van der Waals surface area (Å²) in [5.74, 6) is 0. The first-order valence-electron chi connectivity index (χ1n) is 3.23. The molecule has 0 bridgehead atoms. The molecule has 2 aromatic heterocycles. The van der Waals surface area contributed by atoms with Gasteiger partial charge in [0, 0.05) is 13.2 Å². The van der Waals surface area contributed by atoms with Crippen LogP contribution in [0.25, 0.3) is 10.7 Å². The van der Waals surface area contributed by atoms with E-state index in [1.807, 2.05) is 17.8 Å². The van der Waals surface area contributed by atoms with Gasteiger partial charge in [0.25, 0.3) is 0 Å². The van der Waals surface area contributed by atoms with Crippen molar-refractivity contribution in [3.05, 3.63) is 15.5 Å². The number of hydrogen-bond acceptors (Lipinski definition) is 4. The van der Waals surface area contributed by atoms with E-state index in [4.69, 9.17) is 0 Å². The topological polar surface area (TPSA) is 43.6 Å². The van der Waals surface area contributed by atoms with Gasteiger partial charge in [0.05, 0.1) is 6.33 Å². The van der Waals surface area contributed by atoms with Crippen molar-refractivity contribution in [3.63, 3.8) is 0 Å². The Kier molecular flexibility index (Phi) is 2.09. The Morgan fingerprint density at radius 2 is 2.33 bits per heavy atom. The summed E-state index contributed by atoms with van der Waals surface area (Å²) in [6.45, 7) is 0. The second kappa shape index (κ2) is 3.09. The molecule has 0 aromatic carbocycles. The van der Waals surface area contributed by atoms with Crippen molar-refractivity contribution < 1.29 is 0 Å². The average molecular weight is 292 g/mol. The molecule has 0 amide bonds. The maximum atomic E-state index is 4.17. The molecule has 0 N–H and O–H groups in total. The predicted molar refractivity (Wildman–Crippen MR) is 54.8 cm³/mol.